The van der Waals surface area contributed by atoms with Crippen LogP contribution in [0.25, 0.3) is 22.0 Å². The monoisotopic (exact) mass is 544 g/mol. The zero-order valence-corrected chi connectivity index (χ0v) is 23.2. The molecule has 2 aliphatic heterocycles. The molecule has 10 heteroatoms. The van der Waals surface area contributed by atoms with Crippen molar-refractivity contribution in [2.45, 2.75) is 51.1 Å². The number of nitrogens with one attached hydrogen (secondary N) is 1. The van der Waals surface area contributed by atoms with Crippen LogP contribution in [0.5, 0.6) is 0 Å². The molecule has 2 fully saturated rings. The Morgan fingerprint density at radius 1 is 1.16 bits per heavy atom. The number of nitrogens with two attached hydrogens (primary N) is 1. The molecule has 0 unspecified atom stereocenters. The first kappa shape index (κ1) is 26.4. The molecule has 3 N–H and O–H groups in total. The van der Waals surface area contributed by atoms with Crippen LogP contribution in [0, 0.1) is 0 Å². The molecule has 4 heterocycles. The number of aromatic nitrogens is 1. The quantitative estimate of drug-likeness (QED) is 0.421. The van der Waals surface area contributed by atoms with E-state index in [0.29, 0.717) is 24.7 Å². The summed E-state index contributed by atoms with van der Waals surface area (Å²) in [6.07, 6.45) is 5.85. The van der Waals surface area contributed by atoms with E-state index in [9.17, 15) is 13.2 Å². The molecule has 0 aliphatic carbocycles. The predicted molar refractivity (Wildman–Crippen MR) is 148 cm³/mol. The lowest BCUT2D eigenvalue weighted by Crippen LogP contribution is -2.38. The van der Waals surface area contributed by atoms with Gasteiger partial charge in [0.1, 0.15) is 0 Å². The van der Waals surface area contributed by atoms with Gasteiger partial charge in [-0.3, -0.25) is 9.69 Å². The van der Waals surface area contributed by atoms with Crippen LogP contribution in [0.1, 0.15) is 59.3 Å². The number of likely N-dealkylation sites (tertiary alicyclic amines) is 1. The molecule has 2 aromatic heterocycles. The molecule has 2 saturated heterocycles. The van der Waals surface area contributed by atoms with Gasteiger partial charge in [-0.2, -0.15) is 0 Å². The molecule has 1 aromatic carbocycles. The number of thiophene rings is 1. The average Bonchev–Trinajstić information content (AvgIpc) is 3.64. The third-order valence-electron chi connectivity index (χ3n) is 7.94. The lowest BCUT2D eigenvalue weighted by molar-refractivity contribution is 0.100. The number of carbonyl (C=O) groups is 1. The maximum absolute atomic E-state index is 12.4. The normalized spacial score (nSPS) is 20.2. The molecule has 200 valence electrons. The molecule has 0 spiro atoms. The van der Waals surface area contributed by atoms with Gasteiger partial charge in [0.25, 0.3) is 5.91 Å². The van der Waals surface area contributed by atoms with Crippen molar-refractivity contribution >= 4 is 38.2 Å². The highest BCUT2D eigenvalue weighted by atomic mass is 32.2. The van der Waals surface area contributed by atoms with E-state index in [4.69, 9.17) is 10.5 Å². The minimum atomic E-state index is -3.18. The van der Waals surface area contributed by atoms with E-state index >= 15 is 0 Å². The van der Waals surface area contributed by atoms with E-state index < -0.39 is 15.9 Å². The van der Waals surface area contributed by atoms with E-state index in [1.807, 2.05) is 12.3 Å². The Bertz CT molecular complexity index is 1370. The summed E-state index contributed by atoms with van der Waals surface area (Å²) in [4.78, 5) is 19.5. The second-order valence-electron chi connectivity index (χ2n) is 10.2. The zero-order valence-electron chi connectivity index (χ0n) is 21.5. The van der Waals surface area contributed by atoms with Crippen molar-refractivity contribution in [1.82, 2.24) is 14.2 Å². The average molecular weight is 545 g/mol. The number of rotatable bonds is 9. The molecule has 37 heavy (non-hydrogen) atoms. The molecule has 5 rings (SSSR count). The van der Waals surface area contributed by atoms with Crippen molar-refractivity contribution in [2.24, 2.45) is 5.73 Å². The zero-order chi connectivity index (χ0) is 26.2. The second-order valence-corrected chi connectivity index (χ2v) is 13.4. The molecule has 2 aliphatic rings. The van der Waals surface area contributed by atoms with Crippen molar-refractivity contribution in [2.75, 3.05) is 39.1 Å². The van der Waals surface area contributed by atoms with Crippen molar-refractivity contribution < 1.29 is 17.9 Å². The summed E-state index contributed by atoms with van der Waals surface area (Å²) in [6, 6.07) is 6.73. The van der Waals surface area contributed by atoms with Crippen molar-refractivity contribution in [3.05, 3.63) is 45.8 Å². The van der Waals surface area contributed by atoms with Crippen LogP contribution < -0.4 is 5.73 Å². The highest BCUT2D eigenvalue weighted by Crippen LogP contribution is 2.38. The summed E-state index contributed by atoms with van der Waals surface area (Å²) in [6.45, 7) is 5.47. The fourth-order valence-corrected chi connectivity index (χ4v) is 7.93. The Morgan fingerprint density at radius 2 is 1.95 bits per heavy atom. The van der Waals surface area contributed by atoms with Crippen LogP contribution in [-0.4, -0.2) is 73.7 Å². The molecule has 0 saturated carbocycles. The molecule has 3 aromatic rings. The van der Waals surface area contributed by atoms with Gasteiger partial charge in [0, 0.05) is 49.2 Å². The van der Waals surface area contributed by atoms with Crippen LogP contribution in [-0.2, 0) is 21.3 Å². The molecule has 8 nitrogen and oxygen atoms in total. The first-order valence-corrected chi connectivity index (χ1v) is 15.5. The molecular weight excluding hydrogens is 508 g/mol. The Labute approximate surface area is 222 Å². The Balaban J connectivity index is 1.42. The summed E-state index contributed by atoms with van der Waals surface area (Å²) in [5.41, 5.74) is 10.2. The maximum atomic E-state index is 12.4. The first-order chi connectivity index (χ1) is 17.8. The topological polar surface area (TPSA) is 109 Å². The van der Waals surface area contributed by atoms with Gasteiger partial charge in [0.2, 0.25) is 10.0 Å². The lowest BCUT2D eigenvalue weighted by atomic mass is 9.88. The number of amides is 1. The summed E-state index contributed by atoms with van der Waals surface area (Å²) >= 11 is 1.74. The minimum Gasteiger partial charge on any atom is -0.383 e. The van der Waals surface area contributed by atoms with Crippen LogP contribution in [0.4, 0.5) is 0 Å². The Hall–Kier alpha value is -2.24. The number of hydrogen-bond acceptors (Lipinski definition) is 6. The largest absolute Gasteiger partial charge is 0.383 e. The smallest absolute Gasteiger partial charge is 0.250 e. The van der Waals surface area contributed by atoms with Gasteiger partial charge in [-0.25, -0.2) is 12.7 Å². The van der Waals surface area contributed by atoms with E-state index in [2.05, 4.69) is 27.4 Å². The number of carbonyl (C=O) groups excluding carboxylic acids is 1. The Kier molecular flexibility index (Phi) is 7.74. The Morgan fingerprint density at radius 3 is 2.65 bits per heavy atom. The van der Waals surface area contributed by atoms with Crippen molar-refractivity contribution in [3.63, 3.8) is 0 Å². The summed E-state index contributed by atoms with van der Waals surface area (Å²) < 4.78 is 31.6. The lowest BCUT2D eigenvalue weighted by Gasteiger charge is -2.31. The molecule has 0 bridgehead atoms. The van der Waals surface area contributed by atoms with Crippen LogP contribution in [0.15, 0.2) is 29.8 Å². The molecule has 0 radical (unpaired) electrons. The summed E-state index contributed by atoms with van der Waals surface area (Å²) in [7, 11) is -1.41. The highest BCUT2D eigenvalue weighted by Gasteiger charge is 2.29. The summed E-state index contributed by atoms with van der Waals surface area (Å²) in [5.74, 6) is -0.109. The van der Waals surface area contributed by atoms with Gasteiger partial charge in [0.15, 0.2) is 0 Å². The number of H-pyrrole nitrogens is 1. The van der Waals surface area contributed by atoms with Crippen LogP contribution in [0.3, 0.4) is 0 Å². The predicted octanol–water partition coefficient (Wildman–Crippen LogP) is 4.14. The van der Waals surface area contributed by atoms with Gasteiger partial charge in [-0.05, 0) is 85.3 Å². The van der Waals surface area contributed by atoms with E-state index in [0.717, 1.165) is 60.1 Å². The number of benzene rings is 1. The highest BCUT2D eigenvalue weighted by molar-refractivity contribution is 7.89. The van der Waals surface area contributed by atoms with E-state index in [1.165, 1.54) is 17.7 Å². The van der Waals surface area contributed by atoms with Gasteiger partial charge < -0.3 is 15.5 Å². The fraction of sp³-hybridized carbons (Fsp3) is 0.519. The third kappa shape index (κ3) is 5.35. The SMILES string of the molecule is CCS(=O)(=O)N1CCC(c2c[nH]c3c(C(N)=O)cc(-c4csc(CN5CCC[C@H]5COC)c4)cc23)CC1. The maximum Gasteiger partial charge on any atom is 0.250 e. The number of sulfonamides is 1. The fourth-order valence-electron chi connectivity index (χ4n) is 5.88. The van der Waals surface area contributed by atoms with E-state index in [-0.39, 0.29) is 11.7 Å². The van der Waals surface area contributed by atoms with Crippen molar-refractivity contribution in [3.8, 4) is 11.1 Å². The summed E-state index contributed by atoms with van der Waals surface area (Å²) in [5, 5.41) is 3.15. The van der Waals surface area contributed by atoms with Crippen molar-refractivity contribution in [1.29, 1.82) is 0 Å². The molecular formula is C27H36N4O4S2. The number of ether oxygens (including phenoxy) is 1. The number of hydrogen-bond donors (Lipinski definition) is 2. The van der Waals surface area contributed by atoms with Gasteiger partial charge in [0.05, 0.1) is 23.4 Å². The minimum absolute atomic E-state index is 0.128. The third-order valence-corrected chi connectivity index (χ3v) is 10.7. The number of methoxy groups -OCH3 is 1. The van der Waals surface area contributed by atoms with Gasteiger partial charge >= 0.3 is 0 Å². The van der Waals surface area contributed by atoms with Crippen LogP contribution in [0.2, 0.25) is 0 Å². The number of nitrogens with zero attached hydrogens (tertiary/aromatic N) is 2. The van der Waals surface area contributed by atoms with E-state index in [1.54, 1.807) is 29.7 Å². The number of aromatic amines is 1. The number of primary amides is 1. The number of fused-ring (bicyclic) bond motifs is 1. The standard InChI is InChI=1S/C27H36N4O4S2/c1-3-37(33,34)31-9-6-18(7-10-31)25-14-29-26-23(25)12-19(13-24(26)27(28)32)20-11-22(36-17-20)15-30-8-4-5-21(30)16-35-2/h11-14,17-18,21,29H,3-10,15-16H2,1-2H3,(H2,28,32)/t21-/m0/s1. The first-order valence-electron chi connectivity index (χ1n) is 13.0. The van der Waals surface area contributed by atoms with Crippen LogP contribution >= 0.6 is 11.3 Å². The van der Waals surface area contributed by atoms with Gasteiger partial charge in [-0.1, -0.05) is 0 Å². The molecule has 1 amide bonds. The molecule has 1 atom stereocenters. The number of piperidine rings is 1. The van der Waals surface area contributed by atoms with Gasteiger partial charge in [-0.15, -0.1) is 11.3 Å². The second kappa shape index (κ2) is 10.9.